The van der Waals surface area contributed by atoms with Crippen LogP contribution in [-0.4, -0.2) is 68.5 Å². The lowest BCUT2D eigenvalue weighted by Crippen LogP contribution is -2.43. The summed E-state index contributed by atoms with van der Waals surface area (Å²) in [5.41, 5.74) is 1.33. The molecule has 164 valence electrons. The van der Waals surface area contributed by atoms with Crippen LogP contribution in [0.15, 0.2) is 35.3 Å². The molecule has 3 N–H and O–H groups in total. The summed E-state index contributed by atoms with van der Waals surface area (Å²) in [5.74, 6) is 0.854. The molecule has 2 aliphatic rings. The number of hydrogen-bond donors (Lipinski definition) is 3. The minimum atomic E-state index is -0.0229. The molecular formula is C22H37IN4O2. The van der Waals surface area contributed by atoms with Crippen LogP contribution in [0.2, 0.25) is 0 Å². The Morgan fingerprint density at radius 2 is 2.00 bits per heavy atom. The highest BCUT2D eigenvalue weighted by Gasteiger charge is 2.34. The predicted molar refractivity (Wildman–Crippen MR) is 129 cm³/mol. The van der Waals surface area contributed by atoms with Crippen LogP contribution in [0.1, 0.15) is 44.2 Å². The van der Waals surface area contributed by atoms with Crippen molar-refractivity contribution < 1.29 is 9.84 Å². The largest absolute Gasteiger partial charge is 0.396 e. The van der Waals surface area contributed by atoms with Crippen molar-refractivity contribution in [1.82, 2.24) is 15.5 Å². The Balaban J connectivity index is 0.00000300. The standard InChI is InChI=1S/C22H36N4O2.HI/c1-2-23-21(25-17-22(10-14-27)11-15-28-18-22)24-16-20(26-12-6-7-13-26)19-8-4-3-5-9-19;/h3-5,8-9,20,27H,2,6-7,10-18H2,1H3,(H2,23,24,25);1H. The molecule has 2 saturated heterocycles. The number of likely N-dealkylation sites (tertiary alicyclic amines) is 1. The average molecular weight is 516 g/mol. The van der Waals surface area contributed by atoms with Gasteiger partial charge in [-0.25, -0.2) is 0 Å². The van der Waals surface area contributed by atoms with Gasteiger partial charge in [0.15, 0.2) is 5.96 Å². The third kappa shape index (κ3) is 7.08. The van der Waals surface area contributed by atoms with Crippen molar-refractivity contribution in [2.24, 2.45) is 10.4 Å². The summed E-state index contributed by atoms with van der Waals surface area (Å²) >= 11 is 0. The van der Waals surface area contributed by atoms with Gasteiger partial charge < -0.3 is 20.5 Å². The van der Waals surface area contributed by atoms with Gasteiger partial charge in [0.1, 0.15) is 0 Å². The number of nitrogens with one attached hydrogen (secondary N) is 2. The Hall–Kier alpha value is -0.900. The maximum Gasteiger partial charge on any atom is 0.191 e. The molecule has 2 heterocycles. The smallest absolute Gasteiger partial charge is 0.191 e. The van der Waals surface area contributed by atoms with Gasteiger partial charge in [0, 0.05) is 31.7 Å². The zero-order valence-corrected chi connectivity index (χ0v) is 19.9. The van der Waals surface area contributed by atoms with E-state index in [1.807, 2.05) is 0 Å². The number of rotatable bonds is 9. The summed E-state index contributed by atoms with van der Waals surface area (Å²) in [6, 6.07) is 11.1. The molecule has 0 aliphatic carbocycles. The fraction of sp³-hybridized carbons (Fsp3) is 0.682. The predicted octanol–water partition coefficient (Wildman–Crippen LogP) is 2.79. The molecule has 0 spiro atoms. The van der Waals surface area contributed by atoms with E-state index in [1.54, 1.807) is 0 Å². The number of aliphatic imine (C=N–C) groups is 1. The molecule has 7 heteroatoms. The third-order valence-electron chi connectivity index (χ3n) is 5.97. The van der Waals surface area contributed by atoms with Gasteiger partial charge in [0.05, 0.1) is 19.2 Å². The van der Waals surface area contributed by atoms with Crippen LogP contribution in [0.4, 0.5) is 0 Å². The highest BCUT2D eigenvalue weighted by Crippen LogP contribution is 2.32. The summed E-state index contributed by atoms with van der Waals surface area (Å²) in [4.78, 5) is 7.44. The van der Waals surface area contributed by atoms with E-state index in [1.165, 1.54) is 18.4 Å². The zero-order chi connectivity index (χ0) is 19.7. The monoisotopic (exact) mass is 516 g/mol. The van der Waals surface area contributed by atoms with Crippen molar-refractivity contribution in [3.63, 3.8) is 0 Å². The van der Waals surface area contributed by atoms with Crippen molar-refractivity contribution in [2.75, 3.05) is 52.5 Å². The van der Waals surface area contributed by atoms with Crippen molar-refractivity contribution >= 4 is 29.9 Å². The van der Waals surface area contributed by atoms with Gasteiger partial charge in [-0.05, 0) is 51.3 Å². The molecule has 0 bridgehead atoms. The molecular weight excluding hydrogens is 479 g/mol. The summed E-state index contributed by atoms with van der Waals surface area (Å²) in [6.45, 7) is 8.40. The van der Waals surface area contributed by atoms with Crippen LogP contribution < -0.4 is 10.6 Å². The van der Waals surface area contributed by atoms with Gasteiger partial charge in [-0.3, -0.25) is 9.89 Å². The number of aliphatic hydroxyl groups is 1. The van der Waals surface area contributed by atoms with E-state index >= 15 is 0 Å². The third-order valence-corrected chi connectivity index (χ3v) is 5.97. The van der Waals surface area contributed by atoms with Crippen molar-refractivity contribution in [3.05, 3.63) is 35.9 Å². The van der Waals surface area contributed by atoms with Crippen LogP contribution in [0.25, 0.3) is 0 Å². The van der Waals surface area contributed by atoms with E-state index in [9.17, 15) is 5.11 Å². The first-order valence-corrected chi connectivity index (χ1v) is 10.8. The quantitative estimate of drug-likeness (QED) is 0.268. The molecule has 3 rings (SSSR count). The van der Waals surface area contributed by atoms with Gasteiger partial charge in [0.25, 0.3) is 0 Å². The Labute approximate surface area is 192 Å². The zero-order valence-electron chi connectivity index (χ0n) is 17.6. The molecule has 2 atom stereocenters. The SMILES string of the molecule is CCNC(=NCC1(CCO)CCOC1)NCC(c1ccccc1)N1CCCC1.I. The van der Waals surface area contributed by atoms with Crippen molar-refractivity contribution in [2.45, 2.75) is 38.6 Å². The molecule has 6 nitrogen and oxygen atoms in total. The first-order valence-electron chi connectivity index (χ1n) is 10.8. The van der Waals surface area contributed by atoms with Gasteiger partial charge in [-0.1, -0.05) is 30.3 Å². The minimum Gasteiger partial charge on any atom is -0.396 e. The average Bonchev–Trinajstić information content (AvgIpc) is 3.40. The molecule has 0 saturated carbocycles. The Morgan fingerprint density at radius 3 is 2.62 bits per heavy atom. The van der Waals surface area contributed by atoms with Gasteiger partial charge >= 0.3 is 0 Å². The van der Waals surface area contributed by atoms with Gasteiger partial charge in [-0.15, -0.1) is 24.0 Å². The molecule has 2 fully saturated rings. The fourth-order valence-corrected chi connectivity index (χ4v) is 4.26. The summed E-state index contributed by atoms with van der Waals surface area (Å²) in [6.07, 6.45) is 4.27. The van der Waals surface area contributed by atoms with Crippen molar-refractivity contribution in [3.8, 4) is 0 Å². The lowest BCUT2D eigenvalue weighted by molar-refractivity contribution is 0.131. The minimum absolute atomic E-state index is 0. The second-order valence-electron chi connectivity index (χ2n) is 8.02. The maximum absolute atomic E-state index is 9.44. The molecule has 0 amide bonds. The highest BCUT2D eigenvalue weighted by molar-refractivity contribution is 14.0. The van der Waals surface area contributed by atoms with E-state index in [4.69, 9.17) is 9.73 Å². The number of guanidine groups is 1. The number of halogens is 1. The highest BCUT2D eigenvalue weighted by atomic mass is 127. The molecule has 1 aromatic carbocycles. The van der Waals surface area contributed by atoms with E-state index < -0.39 is 0 Å². The summed E-state index contributed by atoms with van der Waals surface area (Å²) in [5, 5.41) is 16.4. The van der Waals surface area contributed by atoms with Crippen LogP contribution in [-0.2, 0) is 4.74 Å². The topological polar surface area (TPSA) is 69.1 Å². The number of hydrogen-bond acceptors (Lipinski definition) is 4. The lowest BCUT2D eigenvalue weighted by atomic mass is 9.84. The second-order valence-corrected chi connectivity index (χ2v) is 8.02. The molecule has 2 unspecified atom stereocenters. The second kappa shape index (κ2) is 12.7. The molecule has 0 aromatic heterocycles. The lowest BCUT2D eigenvalue weighted by Gasteiger charge is -2.29. The van der Waals surface area contributed by atoms with E-state index in [-0.39, 0.29) is 36.0 Å². The summed E-state index contributed by atoms with van der Waals surface area (Å²) < 4.78 is 5.60. The number of aliphatic hydroxyl groups excluding tert-OH is 1. The van der Waals surface area contributed by atoms with E-state index in [2.05, 4.69) is 52.8 Å². The fourth-order valence-electron chi connectivity index (χ4n) is 4.26. The number of benzene rings is 1. The Bertz CT molecular complexity index is 602. The number of ether oxygens (including phenoxy) is 1. The first kappa shape index (κ1) is 24.4. The van der Waals surface area contributed by atoms with Crippen molar-refractivity contribution in [1.29, 1.82) is 0 Å². The van der Waals surface area contributed by atoms with Crippen LogP contribution in [0, 0.1) is 5.41 Å². The van der Waals surface area contributed by atoms with E-state index in [0.29, 0.717) is 19.2 Å². The molecule has 1 aromatic rings. The summed E-state index contributed by atoms with van der Waals surface area (Å²) in [7, 11) is 0. The normalized spacial score (nSPS) is 23.6. The molecule has 0 radical (unpaired) electrons. The molecule has 2 aliphatic heterocycles. The van der Waals surface area contributed by atoms with Gasteiger partial charge in [0.2, 0.25) is 0 Å². The Kier molecular flexibility index (Phi) is 10.7. The maximum atomic E-state index is 9.44. The number of nitrogens with zero attached hydrogens (tertiary/aromatic N) is 2. The first-order chi connectivity index (χ1) is 13.8. The van der Waals surface area contributed by atoms with Gasteiger partial charge in [-0.2, -0.15) is 0 Å². The van der Waals surface area contributed by atoms with Crippen LogP contribution in [0.5, 0.6) is 0 Å². The van der Waals surface area contributed by atoms with Crippen LogP contribution in [0.3, 0.4) is 0 Å². The Morgan fingerprint density at radius 1 is 1.24 bits per heavy atom. The van der Waals surface area contributed by atoms with Crippen LogP contribution >= 0.6 is 24.0 Å². The van der Waals surface area contributed by atoms with E-state index in [0.717, 1.165) is 51.6 Å². The molecule has 29 heavy (non-hydrogen) atoms.